The van der Waals surface area contributed by atoms with E-state index in [0.29, 0.717) is 35.7 Å². The molecule has 1 aliphatic heterocycles. The van der Waals surface area contributed by atoms with Gasteiger partial charge in [-0.3, -0.25) is 9.59 Å². The first-order valence-electron chi connectivity index (χ1n) is 6.62. The number of anilines is 2. The molecule has 1 aliphatic rings. The second kappa shape index (κ2) is 5.42. The molecule has 20 heavy (non-hydrogen) atoms. The normalized spacial score (nSPS) is 13.9. The lowest BCUT2D eigenvalue weighted by Crippen LogP contribution is -2.50. The summed E-state index contributed by atoms with van der Waals surface area (Å²) < 4.78 is 0. The molecule has 1 heterocycles. The highest BCUT2D eigenvalue weighted by Gasteiger charge is 2.30. The highest BCUT2D eigenvalue weighted by atomic mass is 35.5. The van der Waals surface area contributed by atoms with E-state index in [1.54, 1.807) is 12.1 Å². The standard InChI is InChI=1S/C14H18ClN3O2/c1-3-14(16,4-2)13(20)18-11-5-8-6-12(19)17-10(8)7-9(11)15/h5,7H,3-4,6,16H2,1-2H3,(H,17,19)(H,18,20). The molecule has 6 heteroatoms. The van der Waals surface area contributed by atoms with Crippen molar-refractivity contribution in [3.8, 4) is 0 Å². The fourth-order valence-electron chi connectivity index (χ4n) is 2.16. The summed E-state index contributed by atoms with van der Waals surface area (Å²) >= 11 is 6.13. The first kappa shape index (κ1) is 14.8. The highest BCUT2D eigenvalue weighted by Crippen LogP contribution is 2.33. The van der Waals surface area contributed by atoms with Crippen LogP contribution in [0.2, 0.25) is 5.02 Å². The maximum atomic E-state index is 12.2. The smallest absolute Gasteiger partial charge is 0.244 e. The van der Waals surface area contributed by atoms with Crippen molar-refractivity contribution in [2.45, 2.75) is 38.6 Å². The average molecular weight is 296 g/mol. The van der Waals surface area contributed by atoms with E-state index in [4.69, 9.17) is 17.3 Å². The van der Waals surface area contributed by atoms with E-state index in [0.717, 1.165) is 5.56 Å². The zero-order valence-corrected chi connectivity index (χ0v) is 12.3. The molecule has 0 aromatic heterocycles. The van der Waals surface area contributed by atoms with Crippen LogP contribution in [0.5, 0.6) is 0 Å². The van der Waals surface area contributed by atoms with Crippen molar-refractivity contribution < 1.29 is 9.59 Å². The number of nitrogens with one attached hydrogen (secondary N) is 2. The van der Waals surface area contributed by atoms with Crippen molar-refractivity contribution in [2.24, 2.45) is 5.73 Å². The number of fused-ring (bicyclic) bond motifs is 1. The topological polar surface area (TPSA) is 84.2 Å². The molecule has 4 N–H and O–H groups in total. The zero-order chi connectivity index (χ0) is 14.9. The lowest BCUT2D eigenvalue weighted by molar-refractivity contribution is -0.121. The van der Waals surface area contributed by atoms with E-state index in [2.05, 4.69) is 10.6 Å². The van der Waals surface area contributed by atoms with Crippen molar-refractivity contribution in [3.05, 3.63) is 22.7 Å². The molecule has 2 rings (SSSR count). The van der Waals surface area contributed by atoms with Crippen LogP contribution in [0.25, 0.3) is 0 Å². The van der Waals surface area contributed by atoms with E-state index in [-0.39, 0.29) is 11.8 Å². The molecule has 0 atom stereocenters. The van der Waals surface area contributed by atoms with Gasteiger partial charge in [-0.2, -0.15) is 0 Å². The lowest BCUT2D eigenvalue weighted by atomic mass is 9.93. The van der Waals surface area contributed by atoms with Crippen LogP contribution in [0.3, 0.4) is 0 Å². The predicted molar refractivity (Wildman–Crippen MR) is 79.9 cm³/mol. The Morgan fingerprint density at radius 3 is 2.70 bits per heavy atom. The molecule has 1 aromatic rings. The highest BCUT2D eigenvalue weighted by molar-refractivity contribution is 6.34. The van der Waals surface area contributed by atoms with Gasteiger partial charge >= 0.3 is 0 Å². The molecule has 0 radical (unpaired) electrons. The summed E-state index contributed by atoms with van der Waals surface area (Å²) in [5, 5.41) is 5.86. The minimum absolute atomic E-state index is 0.0742. The van der Waals surface area contributed by atoms with Gasteiger partial charge in [-0.15, -0.1) is 0 Å². The fourth-order valence-corrected chi connectivity index (χ4v) is 2.37. The number of halogens is 1. The molecule has 0 saturated heterocycles. The second-order valence-corrected chi connectivity index (χ2v) is 5.44. The molecular formula is C14H18ClN3O2. The van der Waals surface area contributed by atoms with Gasteiger partial charge in [-0.1, -0.05) is 25.4 Å². The molecule has 0 bridgehead atoms. The molecule has 1 aromatic carbocycles. The van der Waals surface area contributed by atoms with Crippen LogP contribution in [0.15, 0.2) is 12.1 Å². The molecule has 0 aliphatic carbocycles. The minimum Gasteiger partial charge on any atom is -0.325 e. The Labute approximate surface area is 122 Å². The van der Waals surface area contributed by atoms with Crippen LogP contribution in [-0.2, 0) is 16.0 Å². The first-order chi connectivity index (χ1) is 9.39. The van der Waals surface area contributed by atoms with E-state index < -0.39 is 5.54 Å². The average Bonchev–Trinajstić information content (AvgIpc) is 2.77. The predicted octanol–water partition coefficient (Wildman–Crippen LogP) is 2.29. The Morgan fingerprint density at radius 1 is 1.45 bits per heavy atom. The quantitative estimate of drug-likeness (QED) is 0.797. The van der Waals surface area contributed by atoms with E-state index in [1.165, 1.54) is 0 Å². The van der Waals surface area contributed by atoms with E-state index >= 15 is 0 Å². The van der Waals surface area contributed by atoms with Gasteiger partial charge in [-0.25, -0.2) is 0 Å². The van der Waals surface area contributed by atoms with Crippen LogP contribution in [0.1, 0.15) is 32.3 Å². The molecule has 0 fully saturated rings. The SMILES string of the molecule is CCC(N)(CC)C(=O)Nc1cc2c(cc1Cl)NC(=O)C2. The number of carbonyl (C=O) groups excluding carboxylic acids is 2. The maximum absolute atomic E-state index is 12.2. The van der Waals surface area contributed by atoms with Gasteiger partial charge in [0, 0.05) is 5.69 Å². The van der Waals surface area contributed by atoms with Crippen LogP contribution in [0.4, 0.5) is 11.4 Å². The van der Waals surface area contributed by atoms with Gasteiger partial charge in [0.2, 0.25) is 11.8 Å². The molecular weight excluding hydrogens is 278 g/mol. The molecule has 0 unspecified atom stereocenters. The van der Waals surface area contributed by atoms with Crippen LogP contribution >= 0.6 is 11.6 Å². The van der Waals surface area contributed by atoms with Crippen LogP contribution < -0.4 is 16.4 Å². The molecule has 108 valence electrons. The first-order valence-corrected chi connectivity index (χ1v) is 7.00. The summed E-state index contributed by atoms with van der Waals surface area (Å²) in [6.45, 7) is 3.74. The van der Waals surface area contributed by atoms with Gasteiger partial charge < -0.3 is 16.4 Å². The van der Waals surface area contributed by atoms with Crippen LogP contribution in [-0.4, -0.2) is 17.4 Å². The summed E-state index contributed by atoms with van der Waals surface area (Å²) in [4.78, 5) is 23.6. The summed E-state index contributed by atoms with van der Waals surface area (Å²) in [7, 11) is 0. The summed E-state index contributed by atoms with van der Waals surface area (Å²) in [5.41, 5.74) is 7.16. The Kier molecular flexibility index (Phi) is 4.01. The second-order valence-electron chi connectivity index (χ2n) is 5.03. The largest absolute Gasteiger partial charge is 0.325 e. The van der Waals surface area contributed by atoms with Crippen molar-refractivity contribution in [3.63, 3.8) is 0 Å². The number of benzene rings is 1. The Bertz CT molecular complexity index is 568. The summed E-state index contributed by atoms with van der Waals surface area (Å²) in [5.74, 6) is -0.337. The van der Waals surface area contributed by atoms with Gasteiger partial charge in [-0.05, 0) is 30.5 Å². The maximum Gasteiger partial charge on any atom is 0.244 e. The summed E-state index contributed by atoms with van der Waals surface area (Å²) in [6, 6.07) is 3.37. The number of nitrogens with two attached hydrogens (primary N) is 1. The fraction of sp³-hybridized carbons (Fsp3) is 0.429. The summed E-state index contributed by atoms with van der Waals surface area (Å²) in [6.07, 6.45) is 1.38. The number of carbonyl (C=O) groups is 2. The Balaban J connectivity index is 2.25. The van der Waals surface area contributed by atoms with Crippen molar-refractivity contribution in [1.82, 2.24) is 0 Å². The Hall–Kier alpha value is -1.59. The van der Waals surface area contributed by atoms with Gasteiger partial charge in [0.25, 0.3) is 0 Å². The zero-order valence-electron chi connectivity index (χ0n) is 11.5. The van der Waals surface area contributed by atoms with Crippen molar-refractivity contribution in [1.29, 1.82) is 0 Å². The monoisotopic (exact) mass is 295 g/mol. The molecule has 0 spiro atoms. The molecule has 5 nitrogen and oxygen atoms in total. The van der Waals surface area contributed by atoms with Gasteiger partial charge in [0.05, 0.1) is 22.7 Å². The number of hydrogen-bond acceptors (Lipinski definition) is 3. The van der Waals surface area contributed by atoms with Gasteiger partial charge in [0.15, 0.2) is 0 Å². The minimum atomic E-state index is -0.906. The third kappa shape index (κ3) is 2.64. The third-order valence-corrected chi connectivity index (χ3v) is 4.09. The molecule has 2 amide bonds. The van der Waals surface area contributed by atoms with Gasteiger partial charge in [0.1, 0.15) is 0 Å². The number of amides is 2. The third-order valence-electron chi connectivity index (χ3n) is 3.78. The number of rotatable bonds is 4. The van der Waals surface area contributed by atoms with Crippen LogP contribution in [0, 0.1) is 0 Å². The van der Waals surface area contributed by atoms with E-state index in [1.807, 2.05) is 13.8 Å². The van der Waals surface area contributed by atoms with E-state index in [9.17, 15) is 9.59 Å². The Morgan fingerprint density at radius 2 is 2.10 bits per heavy atom. The number of hydrogen-bond donors (Lipinski definition) is 3. The molecule has 0 saturated carbocycles. The lowest BCUT2D eigenvalue weighted by Gasteiger charge is -2.25. The van der Waals surface area contributed by atoms with Crippen molar-refractivity contribution >= 4 is 34.8 Å². The van der Waals surface area contributed by atoms with Crippen molar-refractivity contribution in [2.75, 3.05) is 10.6 Å².